The van der Waals surface area contributed by atoms with Crippen LogP contribution in [0.15, 0.2) is 4.52 Å². The van der Waals surface area contributed by atoms with Crippen LogP contribution >= 0.6 is 0 Å². The van der Waals surface area contributed by atoms with E-state index in [4.69, 9.17) is 9.26 Å². The third-order valence-corrected chi connectivity index (χ3v) is 3.52. The fourth-order valence-electron chi connectivity index (χ4n) is 2.51. The number of aryl methyl sites for hydroxylation is 2. The van der Waals surface area contributed by atoms with E-state index in [1.54, 1.807) is 7.11 Å². The molecule has 2 unspecified atom stereocenters. The molecule has 0 radical (unpaired) electrons. The Morgan fingerprint density at radius 1 is 1.47 bits per heavy atom. The van der Waals surface area contributed by atoms with Gasteiger partial charge in [0, 0.05) is 24.8 Å². The molecule has 0 aromatic carbocycles. The van der Waals surface area contributed by atoms with Gasteiger partial charge in [0.15, 0.2) is 0 Å². The third kappa shape index (κ3) is 2.87. The van der Waals surface area contributed by atoms with Crippen molar-refractivity contribution in [2.45, 2.75) is 45.7 Å². The number of hydrogen-bond acceptors (Lipinski definition) is 4. The molecule has 1 aromatic rings. The smallest absolute Gasteiger partial charge is 0.138 e. The van der Waals surface area contributed by atoms with Crippen molar-refractivity contribution in [1.82, 2.24) is 10.5 Å². The van der Waals surface area contributed by atoms with Gasteiger partial charge in [-0.25, -0.2) is 0 Å². The molecular weight excluding hydrogens is 216 g/mol. The van der Waals surface area contributed by atoms with Gasteiger partial charge in [-0.3, -0.25) is 0 Å². The summed E-state index contributed by atoms with van der Waals surface area (Å²) >= 11 is 0. The lowest BCUT2D eigenvalue weighted by molar-refractivity contribution is 0.152. The Labute approximate surface area is 103 Å². The highest BCUT2D eigenvalue weighted by atomic mass is 16.5. The molecule has 96 valence electrons. The zero-order valence-electron chi connectivity index (χ0n) is 11.1. The lowest BCUT2D eigenvalue weighted by atomic mass is 10.0. The molecule has 0 saturated heterocycles. The number of rotatable bonds is 6. The summed E-state index contributed by atoms with van der Waals surface area (Å²) in [6.07, 6.45) is 2.63. The normalized spacial score (nSPS) is 19.3. The van der Waals surface area contributed by atoms with Crippen LogP contribution in [0, 0.1) is 19.8 Å². The Hall–Kier alpha value is -0.870. The Morgan fingerprint density at radius 3 is 2.65 bits per heavy atom. The molecule has 0 spiro atoms. The van der Waals surface area contributed by atoms with Crippen molar-refractivity contribution in [3.63, 3.8) is 0 Å². The van der Waals surface area contributed by atoms with E-state index in [9.17, 15) is 0 Å². The largest absolute Gasteiger partial charge is 0.383 e. The average molecular weight is 238 g/mol. The van der Waals surface area contributed by atoms with Gasteiger partial charge in [-0.1, -0.05) is 5.16 Å². The van der Waals surface area contributed by atoms with E-state index in [0.29, 0.717) is 6.04 Å². The van der Waals surface area contributed by atoms with E-state index < -0.39 is 0 Å². The van der Waals surface area contributed by atoms with Crippen molar-refractivity contribution in [2.24, 2.45) is 5.92 Å². The van der Waals surface area contributed by atoms with Crippen LogP contribution in [0.3, 0.4) is 0 Å². The molecule has 4 heteroatoms. The SMILES string of the molecule is COCC(NC(C)c1c(C)noc1C)C1CC1. The first-order valence-corrected chi connectivity index (χ1v) is 6.31. The monoisotopic (exact) mass is 238 g/mol. The summed E-state index contributed by atoms with van der Waals surface area (Å²) in [5.74, 6) is 1.69. The molecule has 1 aliphatic carbocycles. The fraction of sp³-hybridized carbons (Fsp3) is 0.769. The van der Waals surface area contributed by atoms with Crippen LogP contribution in [0.5, 0.6) is 0 Å². The highest BCUT2D eigenvalue weighted by Gasteiger charge is 2.32. The number of nitrogens with one attached hydrogen (secondary N) is 1. The van der Waals surface area contributed by atoms with Crippen LogP contribution in [0.25, 0.3) is 0 Å². The minimum Gasteiger partial charge on any atom is -0.383 e. The van der Waals surface area contributed by atoms with Gasteiger partial charge < -0.3 is 14.6 Å². The van der Waals surface area contributed by atoms with E-state index in [2.05, 4.69) is 17.4 Å². The van der Waals surface area contributed by atoms with E-state index in [1.807, 2.05) is 13.8 Å². The van der Waals surface area contributed by atoms with Crippen molar-refractivity contribution in [1.29, 1.82) is 0 Å². The summed E-state index contributed by atoms with van der Waals surface area (Å²) in [6.45, 7) is 6.90. The summed E-state index contributed by atoms with van der Waals surface area (Å²) in [5, 5.41) is 7.64. The summed E-state index contributed by atoms with van der Waals surface area (Å²) in [4.78, 5) is 0. The third-order valence-electron chi connectivity index (χ3n) is 3.52. The quantitative estimate of drug-likeness (QED) is 0.826. The highest BCUT2D eigenvalue weighted by molar-refractivity contribution is 5.24. The zero-order chi connectivity index (χ0) is 12.4. The minimum atomic E-state index is 0.266. The number of hydrogen-bond donors (Lipinski definition) is 1. The molecule has 1 aliphatic rings. The molecule has 1 saturated carbocycles. The molecule has 0 amide bonds. The highest BCUT2D eigenvalue weighted by Crippen LogP contribution is 2.34. The van der Waals surface area contributed by atoms with Gasteiger partial charge in [0.1, 0.15) is 5.76 Å². The van der Waals surface area contributed by atoms with Gasteiger partial charge in [-0.2, -0.15) is 0 Å². The first-order valence-electron chi connectivity index (χ1n) is 6.31. The molecule has 17 heavy (non-hydrogen) atoms. The summed E-state index contributed by atoms with van der Waals surface area (Å²) in [5.41, 5.74) is 2.17. The van der Waals surface area contributed by atoms with Gasteiger partial charge in [0.2, 0.25) is 0 Å². The topological polar surface area (TPSA) is 47.3 Å². The second kappa shape index (κ2) is 5.19. The Balaban J connectivity index is 2.01. The molecule has 1 heterocycles. The second-order valence-corrected chi connectivity index (χ2v) is 5.03. The maximum Gasteiger partial charge on any atom is 0.138 e. The summed E-state index contributed by atoms with van der Waals surface area (Å²) in [6, 6.07) is 0.714. The van der Waals surface area contributed by atoms with E-state index in [0.717, 1.165) is 24.0 Å². The molecule has 1 aromatic heterocycles. The lowest BCUT2D eigenvalue weighted by Crippen LogP contribution is -2.37. The molecule has 2 atom stereocenters. The number of methoxy groups -OCH3 is 1. The van der Waals surface area contributed by atoms with Crippen molar-refractivity contribution >= 4 is 0 Å². The van der Waals surface area contributed by atoms with Crippen LogP contribution < -0.4 is 5.32 Å². The molecule has 1 fully saturated rings. The van der Waals surface area contributed by atoms with Crippen LogP contribution in [0.2, 0.25) is 0 Å². The Morgan fingerprint density at radius 2 is 2.18 bits per heavy atom. The average Bonchev–Trinajstić information content (AvgIpc) is 3.05. The molecule has 4 nitrogen and oxygen atoms in total. The Bertz CT molecular complexity index is 352. The zero-order valence-corrected chi connectivity index (χ0v) is 11.1. The Kier molecular flexibility index (Phi) is 3.84. The van der Waals surface area contributed by atoms with Gasteiger partial charge in [0.05, 0.1) is 12.3 Å². The predicted molar refractivity (Wildman–Crippen MR) is 65.9 cm³/mol. The summed E-state index contributed by atoms with van der Waals surface area (Å²) < 4.78 is 10.5. The number of nitrogens with zero attached hydrogens (tertiary/aromatic N) is 1. The molecule has 0 aliphatic heterocycles. The van der Waals surface area contributed by atoms with Crippen molar-refractivity contribution in [3.8, 4) is 0 Å². The first-order chi connectivity index (χ1) is 8.13. The van der Waals surface area contributed by atoms with Gasteiger partial charge in [-0.15, -0.1) is 0 Å². The number of ether oxygens (including phenoxy) is 1. The van der Waals surface area contributed by atoms with Crippen LogP contribution in [0.1, 0.15) is 42.8 Å². The van der Waals surface area contributed by atoms with Gasteiger partial charge in [-0.05, 0) is 39.5 Å². The number of aromatic nitrogens is 1. The van der Waals surface area contributed by atoms with Gasteiger partial charge >= 0.3 is 0 Å². The maximum atomic E-state index is 5.28. The molecule has 2 rings (SSSR count). The standard InChI is InChI=1S/C13H22N2O2/c1-8(13-9(2)15-17-10(13)3)14-12(7-16-4)11-5-6-11/h8,11-12,14H,5-7H2,1-4H3. The van der Waals surface area contributed by atoms with Gasteiger partial charge in [0.25, 0.3) is 0 Å². The van der Waals surface area contributed by atoms with Crippen LogP contribution in [-0.4, -0.2) is 24.9 Å². The fourth-order valence-corrected chi connectivity index (χ4v) is 2.51. The molecule has 0 bridgehead atoms. The lowest BCUT2D eigenvalue weighted by Gasteiger charge is -2.22. The first kappa shape index (κ1) is 12.6. The van der Waals surface area contributed by atoms with Crippen molar-refractivity contribution in [3.05, 3.63) is 17.0 Å². The van der Waals surface area contributed by atoms with Crippen molar-refractivity contribution < 1.29 is 9.26 Å². The summed E-state index contributed by atoms with van der Waals surface area (Å²) in [7, 11) is 1.76. The van der Waals surface area contributed by atoms with Crippen molar-refractivity contribution in [2.75, 3.05) is 13.7 Å². The van der Waals surface area contributed by atoms with E-state index in [1.165, 1.54) is 18.4 Å². The maximum absolute atomic E-state index is 5.28. The molecular formula is C13H22N2O2. The van der Waals surface area contributed by atoms with Crippen LogP contribution in [-0.2, 0) is 4.74 Å². The minimum absolute atomic E-state index is 0.266. The predicted octanol–water partition coefficient (Wildman–Crippen LogP) is 2.37. The molecule has 1 N–H and O–H groups in total. The van der Waals surface area contributed by atoms with E-state index >= 15 is 0 Å². The second-order valence-electron chi connectivity index (χ2n) is 5.03. The van der Waals surface area contributed by atoms with E-state index in [-0.39, 0.29) is 6.04 Å². The van der Waals surface area contributed by atoms with Crippen LogP contribution in [0.4, 0.5) is 0 Å².